The first-order valence-electron chi connectivity index (χ1n) is 10.4. The molecule has 0 amide bonds. The third-order valence-electron chi connectivity index (χ3n) is 5.00. The minimum absolute atomic E-state index is 0.0619. The van der Waals surface area contributed by atoms with Crippen molar-refractivity contribution in [3.05, 3.63) is 82.9 Å². The Morgan fingerprint density at radius 2 is 1.38 bits per heavy atom. The highest BCUT2D eigenvalue weighted by Crippen LogP contribution is 2.31. The second-order valence-corrected chi connectivity index (χ2v) is 7.24. The molecule has 0 fully saturated rings. The molecule has 0 aliphatic carbocycles. The van der Waals surface area contributed by atoms with Gasteiger partial charge in [0.15, 0.2) is 23.1 Å². The van der Waals surface area contributed by atoms with Gasteiger partial charge in [0.1, 0.15) is 6.61 Å². The van der Waals surface area contributed by atoms with E-state index in [2.05, 4.69) is 0 Å². The minimum Gasteiger partial charge on any atom is -0.491 e. The lowest BCUT2D eigenvalue weighted by Crippen LogP contribution is -2.05. The monoisotopic (exact) mass is 448 g/mol. The zero-order valence-corrected chi connectivity index (χ0v) is 17.8. The molecule has 1 unspecified atom stereocenters. The summed E-state index contributed by atoms with van der Waals surface area (Å²) in [5.74, 6) is -4.79. The predicted octanol–water partition coefficient (Wildman–Crippen LogP) is 6.72. The van der Waals surface area contributed by atoms with Crippen molar-refractivity contribution in [1.29, 1.82) is 0 Å². The zero-order valence-electron chi connectivity index (χ0n) is 17.8. The van der Waals surface area contributed by atoms with E-state index in [0.29, 0.717) is 24.0 Å². The average molecular weight is 448 g/mol. The van der Waals surface area contributed by atoms with E-state index in [1.165, 1.54) is 24.3 Å². The van der Waals surface area contributed by atoms with Crippen molar-refractivity contribution in [2.24, 2.45) is 0 Å². The van der Waals surface area contributed by atoms with Crippen molar-refractivity contribution in [3.8, 4) is 22.6 Å². The van der Waals surface area contributed by atoms with Gasteiger partial charge >= 0.3 is 0 Å². The molecule has 0 saturated carbocycles. The fourth-order valence-electron chi connectivity index (χ4n) is 3.31. The van der Waals surface area contributed by atoms with Gasteiger partial charge in [0.2, 0.25) is 11.6 Å². The zero-order chi connectivity index (χ0) is 23.3. The van der Waals surface area contributed by atoms with E-state index in [0.717, 1.165) is 0 Å². The van der Waals surface area contributed by atoms with Crippen LogP contribution in [0.4, 0.5) is 17.6 Å². The Balaban J connectivity index is 1.72. The van der Waals surface area contributed by atoms with Crippen LogP contribution in [0.5, 0.6) is 11.5 Å². The molecule has 7 heteroatoms. The maximum atomic E-state index is 14.4. The normalized spacial score (nSPS) is 12.0. The largest absolute Gasteiger partial charge is 0.491 e. The van der Waals surface area contributed by atoms with Crippen LogP contribution in [0.3, 0.4) is 0 Å². The third-order valence-corrected chi connectivity index (χ3v) is 5.00. The van der Waals surface area contributed by atoms with Gasteiger partial charge in [0, 0.05) is 11.1 Å². The number of ether oxygens (including phenoxy) is 2. The van der Waals surface area contributed by atoms with Gasteiger partial charge in [-0.15, -0.1) is 0 Å². The molecule has 0 saturated heterocycles. The number of hydrogen-bond acceptors (Lipinski definition) is 3. The quantitative estimate of drug-likeness (QED) is 0.369. The highest BCUT2D eigenvalue weighted by atomic mass is 19.2. The topological polar surface area (TPSA) is 38.7 Å². The molecule has 3 aromatic carbocycles. The molecule has 0 aliphatic heterocycles. The van der Waals surface area contributed by atoms with Gasteiger partial charge in [0.05, 0.1) is 12.7 Å². The van der Waals surface area contributed by atoms with Crippen LogP contribution >= 0.6 is 0 Å². The smallest absolute Gasteiger partial charge is 0.201 e. The second kappa shape index (κ2) is 10.5. The molecule has 0 spiro atoms. The van der Waals surface area contributed by atoms with Crippen molar-refractivity contribution >= 4 is 0 Å². The van der Waals surface area contributed by atoms with Crippen LogP contribution in [0, 0.1) is 23.3 Å². The Kier molecular flexibility index (Phi) is 7.75. The molecule has 32 heavy (non-hydrogen) atoms. The molecule has 170 valence electrons. The van der Waals surface area contributed by atoms with Crippen LogP contribution in [-0.2, 0) is 6.61 Å². The summed E-state index contributed by atoms with van der Waals surface area (Å²) in [6, 6.07) is 11.8. The van der Waals surface area contributed by atoms with Crippen molar-refractivity contribution in [2.45, 2.75) is 39.4 Å². The minimum atomic E-state index is -1.17. The first-order valence-corrected chi connectivity index (χ1v) is 10.4. The van der Waals surface area contributed by atoms with E-state index in [1.54, 1.807) is 31.2 Å². The predicted molar refractivity (Wildman–Crippen MR) is 114 cm³/mol. The number of rotatable bonds is 9. The van der Waals surface area contributed by atoms with Crippen LogP contribution in [0.15, 0.2) is 48.5 Å². The summed E-state index contributed by atoms with van der Waals surface area (Å²) in [5.41, 5.74) is 1.04. The summed E-state index contributed by atoms with van der Waals surface area (Å²) in [5, 5.41) is 9.92. The molecule has 1 N–H and O–H groups in total. The summed E-state index contributed by atoms with van der Waals surface area (Å²) in [6.07, 6.45) is -0.130. The van der Waals surface area contributed by atoms with Crippen molar-refractivity contribution < 1.29 is 32.1 Å². The van der Waals surface area contributed by atoms with E-state index in [1.807, 2.05) is 6.92 Å². The molecule has 3 aromatic rings. The van der Waals surface area contributed by atoms with Crippen LogP contribution in [-0.4, -0.2) is 11.7 Å². The molecule has 0 bridgehead atoms. The molecule has 3 nitrogen and oxygen atoms in total. The summed E-state index contributed by atoms with van der Waals surface area (Å²) < 4.78 is 67.5. The number of aliphatic hydroxyl groups excluding tert-OH is 1. The van der Waals surface area contributed by atoms with E-state index in [-0.39, 0.29) is 35.8 Å². The van der Waals surface area contributed by atoms with E-state index in [9.17, 15) is 22.7 Å². The SMILES string of the molecule is CCCC(O)c1ccc(OCc2ccc(-c3ccc(OCC)c(F)c3F)cc2)c(F)c1F. The second-order valence-electron chi connectivity index (χ2n) is 7.24. The first-order chi connectivity index (χ1) is 15.4. The molecule has 0 radical (unpaired) electrons. The molecule has 3 rings (SSSR count). The lowest BCUT2D eigenvalue weighted by Gasteiger charge is -2.14. The van der Waals surface area contributed by atoms with Gasteiger partial charge in [-0.3, -0.25) is 0 Å². The van der Waals surface area contributed by atoms with Crippen LogP contribution in [0.1, 0.15) is 43.9 Å². The molecular formula is C25H24F4O3. The van der Waals surface area contributed by atoms with Crippen molar-refractivity contribution in [2.75, 3.05) is 6.61 Å². The summed E-state index contributed by atoms with van der Waals surface area (Å²) in [7, 11) is 0. The molecule has 0 aromatic heterocycles. The van der Waals surface area contributed by atoms with Crippen LogP contribution < -0.4 is 9.47 Å². The first kappa shape index (κ1) is 23.6. The highest BCUT2D eigenvalue weighted by molar-refractivity contribution is 5.65. The fraction of sp³-hybridized carbons (Fsp3) is 0.280. The Morgan fingerprint density at radius 3 is 2.03 bits per heavy atom. The van der Waals surface area contributed by atoms with Crippen molar-refractivity contribution in [1.82, 2.24) is 0 Å². The Labute approximate surface area is 184 Å². The Hall–Kier alpha value is -3.06. The average Bonchev–Trinajstić information content (AvgIpc) is 2.79. The van der Waals surface area contributed by atoms with Gasteiger partial charge in [-0.2, -0.15) is 8.78 Å². The van der Waals surface area contributed by atoms with Gasteiger partial charge in [-0.25, -0.2) is 8.78 Å². The third kappa shape index (κ3) is 5.05. The van der Waals surface area contributed by atoms with E-state index in [4.69, 9.17) is 9.47 Å². The number of hydrogen-bond donors (Lipinski definition) is 1. The van der Waals surface area contributed by atoms with Gasteiger partial charge in [-0.05, 0) is 48.7 Å². The number of halogens is 4. The molecule has 0 aliphatic rings. The van der Waals surface area contributed by atoms with Gasteiger partial charge in [0.25, 0.3) is 0 Å². The lowest BCUT2D eigenvalue weighted by atomic mass is 10.0. The lowest BCUT2D eigenvalue weighted by molar-refractivity contribution is 0.160. The maximum Gasteiger partial charge on any atom is 0.201 e. The van der Waals surface area contributed by atoms with Crippen LogP contribution in [0.2, 0.25) is 0 Å². The molecule has 0 heterocycles. The molecule has 1 atom stereocenters. The maximum absolute atomic E-state index is 14.4. The highest BCUT2D eigenvalue weighted by Gasteiger charge is 2.20. The van der Waals surface area contributed by atoms with E-state index < -0.39 is 29.4 Å². The standard InChI is InChI=1S/C25H24F4O3/c1-3-5-19(30)18-11-13-21(25(29)23(18)27)32-14-15-6-8-16(9-7-15)17-10-12-20(31-4-2)24(28)22(17)26/h6-13,19,30H,3-5,14H2,1-2H3. The summed E-state index contributed by atoms with van der Waals surface area (Å²) >= 11 is 0. The van der Waals surface area contributed by atoms with Crippen molar-refractivity contribution in [3.63, 3.8) is 0 Å². The number of aliphatic hydroxyl groups is 1. The summed E-state index contributed by atoms with van der Waals surface area (Å²) in [4.78, 5) is 0. The Bertz CT molecular complexity index is 1070. The van der Waals surface area contributed by atoms with Gasteiger partial charge < -0.3 is 14.6 Å². The number of benzene rings is 3. The summed E-state index contributed by atoms with van der Waals surface area (Å²) in [6.45, 7) is 3.67. The fourth-order valence-corrected chi connectivity index (χ4v) is 3.31. The van der Waals surface area contributed by atoms with Gasteiger partial charge in [-0.1, -0.05) is 37.6 Å². The molecular weight excluding hydrogens is 424 g/mol. The van der Waals surface area contributed by atoms with Crippen LogP contribution in [0.25, 0.3) is 11.1 Å². The Morgan fingerprint density at radius 1 is 0.750 bits per heavy atom. The van der Waals surface area contributed by atoms with E-state index >= 15 is 0 Å².